The summed E-state index contributed by atoms with van der Waals surface area (Å²) in [6.45, 7) is 0.292. The molecule has 3 amide bonds. The molecular weight excluding hydrogens is 348 g/mol. The predicted octanol–water partition coefficient (Wildman–Crippen LogP) is 1.20. The Morgan fingerprint density at radius 2 is 2.12 bits per heavy atom. The van der Waals surface area contributed by atoms with Gasteiger partial charge in [-0.1, -0.05) is 6.07 Å². The summed E-state index contributed by atoms with van der Waals surface area (Å²) < 4.78 is 9.76. The molecule has 0 spiro atoms. The Hall–Kier alpha value is -2.52. The molecule has 8 nitrogen and oxygen atoms in total. The molecule has 0 aliphatic carbocycles. The van der Waals surface area contributed by atoms with E-state index in [1.807, 2.05) is 0 Å². The number of rotatable bonds is 7. The molecule has 0 atom stereocenters. The van der Waals surface area contributed by atoms with Gasteiger partial charge in [0.25, 0.3) is 11.1 Å². The second-order valence-electron chi connectivity index (χ2n) is 5.04. The summed E-state index contributed by atoms with van der Waals surface area (Å²) >= 11 is 0.744. The minimum absolute atomic E-state index is 0.0759. The zero-order valence-electron chi connectivity index (χ0n) is 13.8. The van der Waals surface area contributed by atoms with Crippen molar-refractivity contribution in [3.8, 4) is 11.5 Å². The van der Waals surface area contributed by atoms with Crippen LogP contribution in [0.15, 0.2) is 23.1 Å². The topological polar surface area (TPSA) is 105 Å². The van der Waals surface area contributed by atoms with Crippen LogP contribution in [-0.4, -0.2) is 61.0 Å². The number of phenolic OH excluding ortho intramolecular Hbond substituents is 1. The van der Waals surface area contributed by atoms with Crippen LogP contribution in [0.5, 0.6) is 11.5 Å². The minimum Gasteiger partial charge on any atom is -0.504 e. The van der Waals surface area contributed by atoms with Crippen molar-refractivity contribution in [3.05, 3.63) is 28.7 Å². The summed E-state index contributed by atoms with van der Waals surface area (Å²) in [4.78, 5) is 37.1. The van der Waals surface area contributed by atoms with Gasteiger partial charge in [0.05, 0.1) is 18.6 Å². The molecule has 1 aliphatic heterocycles. The molecule has 0 unspecified atom stereocenters. The number of thioether (sulfide) groups is 1. The van der Waals surface area contributed by atoms with Crippen molar-refractivity contribution in [3.63, 3.8) is 0 Å². The maximum absolute atomic E-state index is 12.3. The molecule has 0 saturated carbocycles. The number of aromatic hydroxyl groups is 1. The lowest BCUT2D eigenvalue weighted by molar-refractivity contribution is -0.129. The monoisotopic (exact) mass is 366 g/mol. The minimum atomic E-state index is -0.549. The van der Waals surface area contributed by atoms with Crippen molar-refractivity contribution in [2.24, 2.45) is 0 Å². The molecule has 9 heteroatoms. The molecule has 2 N–H and O–H groups in total. The largest absolute Gasteiger partial charge is 0.504 e. The molecule has 0 aromatic heterocycles. The molecule has 2 rings (SSSR count). The van der Waals surface area contributed by atoms with Gasteiger partial charge in [-0.25, -0.2) is 0 Å². The Balaban J connectivity index is 2.07. The van der Waals surface area contributed by atoms with E-state index in [0.29, 0.717) is 24.5 Å². The standard InChI is InChI=1S/C16H18N2O6S/c1-23-6-5-17-14(20)9-18-15(21)13(25-16(18)22)8-10-3-4-12(24-2)11(19)7-10/h3-4,7-8,19H,5-6,9H2,1-2H3,(H,17,20)/b13-8-. The second kappa shape index (κ2) is 8.54. The van der Waals surface area contributed by atoms with Crippen molar-refractivity contribution in [2.45, 2.75) is 0 Å². The van der Waals surface area contributed by atoms with Gasteiger partial charge in [0.15, 0.2) is 11.5 Å². The first-order valence-corrected chi connectivity index (χ1v) is 8.16. The first-order valence-electron chi connectivity index (χ1n) is 7.34. The summed E-state index contributed by atoms with van der Waals surface area (Å²) in [6, 6.07) is 4.61. The molecule has 1 aromatic rings. The molecule has 25 heavy (non-hydrogen) atoms. The van der Waals surface area contributed by atoms with E-state index in [4.69, 9.17) is 9.47 Å². The number of hydrogen-bond donors (Lipinski definition) is 2. The predicted molar refractivity (Wildman–Crippen MR) is 92.2 cm³/mol. The Morgan fingerprint density at radius 3 is 2.76 bits per heavy atom. The second-order valence-corrected chi connectivity index (χ2v) is 6.04. The van der Waals surface area contributed by atoms with Crippen LogP contribution in [0.4, 0.5) is 4.79 Å². The lowest BCUT2D eigenvalue weighted by atomic mass is 10.2. The number of carbonyl (C=O) groups excluding carboxylic acids is 3. The molecular formula is C16H18N2O6S. The molecule has 0 radical (unpaired) electrons. The Morgan fingerprint density at radius 1 is 1.36 bits per heavy atom. The zero-order chi connectivity index (χ0) is 18.4. The van der Waals surface area contributed by atoms with E-state index in [-0.39, 0.29) is 17.2 Å². The summed E-state index contributed by atoms with van der Waals surface area (Å²) in [7, 11) is 2.93. The SMILES string of the molecule is COCCNC(=O)CN1C(=O)S/C(=C\c2ccc(OC)c(O)c2)C1=O. The van der Waals surface area contributed by atoms with E-state index in [1.165, 1.54) is 26.4 Å². The van der Waals surface area contributed by atoms with Crippen molar-refractivity contribution in [1.29, 1.82) is 0 Å². The molecule has 134 valence electrons. The zero-order valence-corrected chi connectivity index (χ0v) is 14.6. The van der Waals surface area contributed by atoms with Gasteiger partial charge in [-0.2, -0.15) is 0 Å². The summed E-state index contributed by atoms with van der Waals surface area (Å²) in [5, 5.41) is 11.8. The fraction of sp³-hybridized carbons (Fsp3) is 0.312. The van der Waals surface area contributed by atoms with Crippen molar-refractivity contribution in [2.75, 3.05) is 33.9 Å². The Bertz CT molecular complexity index is 719. The van der Waals surface area contributed by atoms with Crippen LogP contribution in [0.2, 0.25) is 0 Å². The molecule has 1 aromatic carbocycles. The van der Waals surface area contributed by atoms with E-state index in [1.54, 1.807) is 12.1 Å². The van der Waals surface area contributed by atoms with E-state index in [2.05, 4.69) is 5.32 Å². The molecule has 1 aliphatic rings. The Kier molecular flexibility index (Phi) is 6.43. The fourth-order valence-electron chi connectivity index (χ4n) is 2.08. The van der Waals surface area contributed by atoms with E-state index >= 15 is 0 Å². The highest BCUT2D eigenvalue weighted by molar-refractivity contribution is 8.18. The first-order chi connectivity index (χ1) is 12.0. The van der Waals surface area contributed by atoms with Gasteiger partial charge in [0.1, 0.15) is 6.54 Å². The number of benzene rings is 1. The smallest absolute Gasteiger partial charge is 0.294 e. The highest BCUT2D eigenvalue weighted by Crippen LogP contribution is 2.33. The summed E-state index contributed by atoms with van der Waals surface area (Å²) in [5.74, 6) is -0.763. The van der Waals surface area contributed by atoms with Crippen LogP contribution in [0.25, 0.3) is 6.08 Å². The van der Waals surface area contributed by atoms with Gasteiger partial charge in [-0.05, 0) is 35.5 Å². The number of phenols is 1. The summed E-state index contributed by atoms with van der Waals surface area (Å²) in [6.07, 6.45) is 1.48. The number of carbonyl (C=O) groups is 3. The van der Waals surface area contributed by atoms with E-state index in [0.717, 1.165) is 16.7 Å². The lowest BCUT2D eigenvalue weighted by Gasteiger charge is -2.12. The normalized spacial score (nSPS) is 15.8. The third-order valence-corrected chi connectivity index (χ3v) is 4.21. The average molecular weight is 366 g/mol. The van der Waals surface area contributed by atoms with E-state index < -0.39 is 17.1 Å². The quantitative estimate of drug-likeness (QED) is 0.552. The van der Waals surface area contributed by atoms with Gasteiger partial charge in [0.2, 0.25) is 5.91 Å². The number of imide groups is 1. The summed E-state index contributed by atoms with van der Waals surface area (Å²) in [5.41, 5.74) is 0.536. The lowest BCUT2D eigenvalue weighted by Crippen LogP contribution is -2.40. The Labute approximate surface area is 148 Å². The number of hydrogen-bond acceptors (Lipinski definition) is 7. The average Bonchev–Trinajstić information content (AvgIpc) is 2.83. The number of nitrogens with zero attached hydrogens (tertiary/aromatic N) is 1. The van der Waals surface area contributed by atoms with Gasteiger partial charge in [-0.15, -0.1) is 0 Å². The van der Waals surface area contributed by atoms with Gasteiger partial charge >= 0.3 is 0 Å². The van der Waals surface area contributed by atoms with Gasteiger partial charge < -0.3 is 19.9 Å². The third kappa shape index (κ3) is 4.74. The maximum atomic E-state index is 12.3. The van der Waals surface area contributed by atoms with E-state index in [9.17, 15) is 19.5 Å². The first kappa shape index (κ1) is 18.8. The number of amides is 3. The third-order valence-electron chi connectivity index (χ3n) is 3.30. The van der Waals surface area contributed by atoms with Crippen molar-refractivity contribution >= 4 is 34.9 Å². The van der Waals surface area contributed by atoms with Crippen LogP contribution in [0.1, 0.15) is 5.56 Å². The van der Waals surface area contributed by atoms with Crippen molar-refractivity contribution < 1.29 is 29.0 Å². The van der Waals surface area contributed by atoms with Crippen LogP contribution >= 0.6 is 11.8 Å². The van der Waals surface area contributed by atoms with Crippen molar-refractivity contribution in [1.82, 2.24) is 10.2 Å². The van der Waals surface area contributed by atoms with Crippen LogP contribution < -0.4 is 10.1 Å². The molecule has 0 bridgehead atoms. The molecule has 1 saturated heterocycles. The molecule has 1 fully saturated rings. The fourth-order valence-corrected chi connectivity index (χ4v) is 2.91. The van der Waals surface area contributed by atoms with Crippen LogP contribution in [0, 0.1) is 0 Å². The van der Waals surface area contributed by atoms with Crippen LogP contribution in [-0.2, 0) is 14.3 Å². The van der Waals surface area contributed by atoms with Gasteiger partial charge in [0, 0.05) is 13.7 Å². The number of methoxy groups -OCH3 is 2. The highest BCUT2D eigenvalue weighted by Gasteiger charge is 2.36. The van der Waals surface area contributed by atoms with Gasteiger partial charge in [-0.3, -0.25) is 19.3 Å². The number of ether oxygens (including phenoxy) is 2. The van der Waals surface area contributed by atoms with Crippen LogP contribution in [0.3, 0.4) is 0 Å². The number of nitrogens with one attached hydrogen (secondary N) is 1. The maximum Gasteiger partial charge on any atom is 0.294 e. The molecule has 1 heterocycles. The highest BCUT2D eigenvalue weighted by atomic mass is 32.2.